The third-order valence-electron chi connectivity index (χ3n) is 5.62. The molecule has 10 nitrogen and oxygen atoms in total. The lowest BCUT2D eigenvalue weighted by atomic mass is 10.0. The van der Waals surface area contributed by atoms with Gasteiger partial charge in [-0.25, -0.2) is 18.9 Å². The van der Waals surface area contributed by atoms with Gasteiger partial charge in [0.05, 0.1) is 24.0 Å². The monoisotopic (exact) mass is 480 g/mol. The third kappa shape index (κ3) is 4.07. The molecule has 0 saturated carbocycles. The number of amides is 1. The van der Waals surface area contributed by atoms with E-state index in [1.54, 1.807) is 48.3 Å². The van der Waals surface area contributed by atoms with Gasteiger partial charge in [0.15, 0.2) is 0 Å². The van der Waals surface area contributed by atoms with Crippen LogP contribution in [0, 0.1) is 0 Å². The van der Waals surface area contributed by atoms with Gasteiger partial charge in [-0.2, -0.15) is 4.31 Å². The van der Waals surface area contributed by atoms with Gasteiger partial charge in [0.25, 0.3) is 5.91 Å². The zero-order valence-electron chi connectivity index (χ0n) is 17.7. The highest BCUT2D eigenvalue weighted by molar-refractivity contribution is 7.89. The molecular weight excluding hydrogens is 460 g/mol. The molecule has 4 aromatic rings. The van der Waals surface area contributed by atoms with E-state index in [9.17, 15) is 13.2 Å². The lowest BCUT2D eigenvalue weighted by molar-refractivity contribution is -0.133. The molecule has 0 radical (unpaired) electrons. The van der Waals surface area contributed by atoms with Crippen molar-refractivity contribution >= 4 is 15.9 Å². The van der Waals surface area contributed by atoms with Gasteiger partial charge in [-0.05, 0) is 60.2 Å². The maximum atomic E-state index is 13.3. The third-order valence-corrected chi connectivity index (χ3v) is 7.49. The molecule has 1 aliphatic heterocycles. The van der Waals surface area contributed by atoms with Crippen LogP contribution in [0.3, 0.4) is 0 Å². The van der Waals surface area contributed by atoms with Gasteiger partial charge in [-0.3, -0.25) is 10.0 Å². The summed E-state index contributed by atoms with van der Waals surface area (Å²) < 4.78 is 40.8. The minimum atomic E-state index is -4.07. The molecule has 11 heteroatoms. The Morgan fingerprint density at radius 2 is 1.79 bits per heavy atom. The normalized spacial score (nSPS) is 16.1. The fourth-order valence-corrected chi connectivity index (χ4v) is 5.39. The molecule has 0 aliphatic carbocycles. The van der Waals surface area contributed by atoms with Crippen LogP contribution in [0.15, 0.2) is 88.9 Å². The molecule has 2 aromatic heterocycles. The number of sulfonamides is 1. The Labute approximate surface area is 195 Å². The van der Waals surface area contributed by atoms with Crippen molar-refractivity contribution in [3.63, 3.8) is 0 Å². The van der Waals surface area contributed by atoms with Crippen LogP contribution >= 0.6 is 0 Å². The van der Waals surface area contributed by atoms with Crippen LogP contribution in [-0.4, -0.2) is 39.4 Å². The number of benzene rings is 2. The molecule has 2 N–H and O–H groups in total. The van der Waals surface area contributed by atoms with Crippen molar-refractivity contribution in [1.29, 1.82) is 0 Å². The Balaban J connectivity index is 1.35. The first kappa shape index (κ1) is 21.9. The molecule has 174 valence electrons. The van der Waals surface area contributed by atoms with Crippen molar-refractivity contribution in [1.82, 2.24) is 19.3 Å². The first-order valence-corrected chi connectivity index (χ1v) is 11.8. The summed E-state index contributed by atoms with van der Waals surface area (Å²) in [6, 6.07) is 13.8. The average molecular weight is 481 g/mol. The number of carbonyl (C=O) groups is 1. The maximum absolute atomic E-state index is 13.3. The smallest absolute Gasteiger partial charge is 0.262 e. The largest absolute Gasteiger partial charge is 0.468 e. The number of imidazole rings is 1. The molecular formula is C23H20N4O6S. The lowest BCUT2D eigenvalue weighted by Gasteiger charge is -2.32. The number of fused-ring (bicyclic) bond motifs is 1. The number of ether oxygens (including phenoxy) is 1. The standard InChI is InChI=1S/C23H20N4O6S/c28-23(25-29)21-13-16-9-12-32-22(16)14-27(21)34(30,31)20-7-5-19(6-8-20)33-18-3-1-17(2-4-18)26-11-10-24-15-26/h1-12,15,21,29H,13-14H2,(H,25,28). The minimum Gasteiger partial charge on any atom is -0.468 e. The van der Waals surface area contributed by atoms with Crippen molar-refractivity contribution < 1.29 is 27.6 Å². The number of nitrogens with one attached hydrogen (secondary N) is 1. The van der Waals surface area contributed by atoms with Gasteiger partial charge in [-0.15, -0.1) is 0 Å². The summed E-state index contributed by atoms with van der Waals surface area (Å²) in [5.74, 6) is 0.686. The van der Waals surface area contributed by atoms with Gasteiger partial charge in [0.1, 0.15) is 23.3 Å². The number of rotatable bonds is 6. The molecule has 2 aromatic carbocycles. The number of hydrogen-bond donors (Lipinski definition) is 2. The number of hydrogen-bond acceptors (Lipinski definition) is 7. The van der Waals surface area contributed by atoms with Crippen LogP contribution in [0.5, 0.6) is 11.5 Å². The van der Waals surface area contributed by atoms with Gasteiger partial charge in [0.2, 0.25) is 10.0 Å². The highest BCUT2D eigenvalue weighted by atomic mass is 32.2. The molecule has 1 amide bonds. The number of nitrogens with zero attached hydrogens (tertiary/aromatic N) is 3. The highest BCUT2D eigenvalue weighted by Crippen LogP contribution is 2.31. The van der Waals surface area contributed by atoms with Crippen molar-refractivity contribution in [2.45, 2.75) is 23.9 Å². The number of carbonyl (C=O) groups excluding carboxylic acids is 1. The molecule has 0 fully saturated rings. The summed E-state index contributed by atoms with van der Waals surface area (Å²) in [5, 5.41) is 9.12. The molecule has 5 rings (SSSR count). The van der Waals surface area contributed by atoms with Crippen molar-refractivity contribution in [3.05, 3.63) is 90.9 Å². The molecule has 1 aliphatic rings. The quantitative estimate of drug-likeness (QED) is 0.321. The molecule has 0 spiro atoms. The van der Waals surface area contributed by atoms with Gasteiger partial charge < -0.3 is 13.7 Å². The van der Waals surface area contributed by atoms with E-state index in [4.69, 9.17) is 14.4 Å². The predicted molar refractivity (Wildman–Crippen MR) is 119 cm³/mol. The minimum absolute atomic E-state index is 0.0129. The fraction of sp³-hybridized carbons (Fsp3) is 0.130. The number of furan rings is 1. The first-order valence-electron chi connectivity index (χ1n) is 10.3. The van der Waals surface area contributed by atoms with Crippen LogP contribution in [0.25, 0.3) is 5.69 Å². The molecule has 1 unspecified atom stereocenters. The average Bonchev–Trinajstić information content (AvgIpc) is 3.55. The Hall–Kier alpha value is -3.93. The summed E-state index contributed by atoms with van der Waals surface area (Å²) in [6.45, 7) is -0.121. The van der Waals surface area contributed by atoms with Crippen LogP contribution in [0.4, 0.5) is 0 Å². The van der Waals surface area contributed by atoms with Crippen LogP contribution in [-0.2, 0) is 27.8 Å². The zero-order chi connectivity index (χ0) is 23.7. The predicted octanol–water partition coefficient (Wildman–Crippen LogP) is 2.88. The Kier molecular flexibility index (Phi) is 5.65. The van der Waals surface area contributed by atoms with Crippen molar-refractivity contribution in [2.24, 2.45) is 0 Å². The summed E-state index contributed by atoms with van der Waals surface area (Å²) >= 11 is 0. The van der Waals surface area contributed by atoms with E-state index in [1.807, 2.05) is 22.9 Å². The van der Waals surface area contributed by atoms with Crippen LogP contribution in [0.1, 0.15) is 11.3 Å². The van der Waals surface area contributed by atoms with E-state index in [1.165, 1.54) is 18.4 Å². The molecule has 1 atom stereocenters. The summed E-state index contributed by atoms with van der Waals surface area (Å²) in [5.41, 5.74) is 3.21. The summed E-state index contributed by atoms with van der Waals surface area (Å²) in [4.78, 5) is 16.2. The zero-order valence-corrected chi connectivity index (χ0v) is 18.6. The van der Waals surface area contributed by atoms with Gasteiger partial charge in [0, 0.05) is 24.5 Å². The molecule has 0 bridgehead atoms. The van der Waals surface area contributed by atoms with Crippen molar-refractivity contribution in [2.75, 3.05) is 0 Å². The maximum Gasteiger partial charge on any atom is 0.262 e. The second-order valence-electron chi connectivity index (χ2n) is 7.65. The van der Waals surface area contributed by atoms with E-state index in [2.05, 4.69) is 4.98 Å². The second kappa shape index (κ2) is 8.78. The number of aromatic nitrogens is 2. The summed E-state index contributed by atoms with van der Waals surface area (Å²) in [6.07, 6.45) is 6.75. The van der Waals surface area contributed by atoms with Gasteiger partial charge >= 0.3 is 0 Å². The molecule has 34 heavy (non-hydrogen) atoms. The van der Waals surface area contributed by atoms with E-state index in [0.717, 1.165) is 15.6 Å². The van der Waals surface area contributed by atoms with Crippen molar-refractivity contribution in [3.8, 4) is 17.2 Å². The summed E-state index contributed by atoms with van der Waals surface area (Å²) in [7, 11) is -4.07. The highest BCUT2D eigenvalue weighted by Gasteiger charge is 2.40. The van der Waals surface area contributed by atoms with E-state index in [0.29, 0.717) is 17.3 Å². The first-order chi connectivity index (χ1) is 16.5. The number of hydroxylamine groups is 1. The Bertz CT molecular complexity index is 1400. The Morgan fingerprint density at radius 3 is 2.44 bits per heavy atom. The fourth-order valence-electron chi connectivity index (χ4n) is 3.85. The second-order valence-corrected chi connectivity index (χ2v) is 9.54. The topological polar surface area (TPSA) is 127 Å². The van der Waals surface area contributed by atoms with E-state index < -0.39 is 22.0 Å². The molecule has 3 heterocycles. The van der Waals surface area contributed by atoms with Crippen LogP contribution in [0.2, 0.25) is 0 Å². The van der Waals surface area contributed by atoms with E-state index in [-0.39, 0.29) is 17.9 Å². The SMILES string of the molecule is O=C(NO)C1Cc2ccoc2CN1S(=O)(=O)c1ccc(Oc2ccc(-n3ccnc3)cc2)cc1. The van der Waals surface area contributed by atoms with Gasteiger partial charge in [-0.1, -0.05) is 0 Å². The Morgan fingerprint density at radius 1 is 1.09 bits per heavy atom. The van der Waals surface area contributed by atoms with Crippen LogP contribution < -0.4 is 10.2 Å². The molecule has 0 saturated heterocycles. The van der Waals surface area contributed by atoms with E-state index >= 15 is 0 Å². The lowest BCUT2D eigenvalue weighted by Crippen LogP contribution is -2.51.